The number of aliphatic hydroxyl groups excluding tert-OH is 1. The van der Waals surface area contributed by atoms with Gasteiger partial charge in [0.2, 0.25) is 77.0 Å². The van der Waals surface area contributed by atoms with Gasteiger partial charge in [-0.3, -0.25) is 60.7 Å². The molecule has 7 heterocycles. The van der Waals surface area contributed by atoms with E-state index in [2.05, 4.69) is 145 Å². The molecule has 9 N–H and O–H groups in total. The van der Waals surface area contributed by atoms with Gasteiger partial charge in [0, 0.05) is 67.4 Å². The number of aromatic nitrogens is 13. The molecule has 6 amide bonds. The highest BCUT2D eigenvalue weighted by molar-refractivity contribution is 6.00. The number of rotatable bonds is 24. The highest BCUT2D eigenvalue weighted by atomic mass is 19.4. The van der Waals surface area contributed by atoms with Crippen molar-refractivity contribution in [2.24, 2.45) is 44.8 Å². The van der Waals surface area contributed by atoms with Crippen LogP contribution in [0.15, 0.2) is 120 Å². The average Bonchev–Trinajstić information content (AvgIpc) is 1.59. The third-order valence-corrected chi connectivity index (χ3v) is 28.5. The van der Waals surface area contributed by atoms with Crippen molar-refractivity contribution >= 4 is 149 Å². The number of esters is 1. The summed E-state index contributed by atoms with van der Waals surface area (Å²) in [7, 11) is 0. The van der Waals surface area contributed by atoms with Crippen LogP contribution in [0.4, 0.5) is 54.5 Å². The Morgan fingerprint density at radius 1 is 0.443 bits per heavy atom. The molecule has 0 aliphatic heterocycles. The average molecular weight is 2050 g/mol. The van der Waals surface area contributed by atoms with Crippen LogP contribution in [-0.2, 0) is 51.3 Å². The minimum atomic E-state index is -4.62. The number of aliphatic hydroxyl groups is 3. The molecule has 35 heteroatoms. The van der Waals surface area contributed by atoms with E-state index in [0.717, 1.165) is 163 Å². The van der Waals surface area contributed by atoms with E-state index < -0.39 is 28.7 Å². The lowest BCUT2D eigenvalue weighted by Crippen LogP contribution is -2.43. The first-order valence-corrected chi connectivity index (χ1v) is 52.2. The fourth-order valence-electron chi connectivity index (χ4n) is 17.7. The van der Waals surface area contributed by atoms with Crippen molar-refractivity contribution in [1.82, 2.24) is 62.5 Å². The van der Waals surface area contributed by atoms with Gasteiger partial charge >= 0.3 is 12.1 Å². The van der Waals surface area contributed by atoms with Gasteiger partial charge in [0.25, 0.3) is 0 Å². The third-order valence-electron chi connectivity index (χ3n) is 28.5. The topological polar surface area (TPSA) is 399 Å². The Labute approximate surface area is 870 Å². The molecule has 800 valence electrons. The quantitative estimate of drug-likeness (QED) is 0.0200. The summed E-state index contributed by atoms with van der Waals surface area (Å²) in [5.74, 6) is 1.83. The summed E-state index contributed by atoms with van der Waals surface area (Å²) in [5, 5.41) is 51.3. The summed E-state index contributed by atoms with van der Waals surface area (Å²) >= 11 is 0. The third kappa shape index (κ3) is 27.4. The molecule has 0 bridgehead atoms. The lowest BCUT2D eigenvalue weighted by Gasteiger charge is -2.30. The number of ether oxygens (including phenoxy) is 1. The second kappa shape index (κ2) is 45.3. The second-order valence-corrected chi connectivity index (χ2v) is 47.3. The van der Waals surface area contributed by atoms with Crippen LogP contribution in [0.1, 0.15) is 343 Å². The zero-order chi connectivity index (χ0) is 109. The summed E-state index contributed by atoms with van der Waals surface area (Å²) < 4.78 is 61.8. The summed E-state index contributed by atoms with van der Waals surface area (Å²) in [6.45, 7) is 54.4. The smallest absolute Gasteiger partial charge is 0.402 e. The Balaban J connectivity index is 0.000000149. The van der Waals surface area contributed by atoms with Crippen molar-refractivity contribution in [3.63, 3.8) is 0 Å². The van der Waals surface area contributed by atoms with Crippen LogP contribution >= 0.6 is 0 Å². The molecule has 149 heavy (non-hydrogen) atoms. The molecule has 7 aromatic heterocycles. The second-order valence-electron chi connectivity index (χ2n) is 47.3. The molecule has 0 unspecified atom stereocenters. The number of halogens is 3. The number of benzene rings is 6. The van der Waals surface area contributed by atoms with E-state index in [1.165, 1.54) is 19.3 Å². The van der Waals surface area contributed by atoms with Gasteiger partial charge in [-0.05, 0) is 287 Å². The molecule has 5 saturated carbocycles. The van der Waals surface area contributed by atoms with Gasteiger partial charge in [-0.25, -0.2) is 44.1 Å². The van der Waals surface area contributed by atoms with E-state index in [-0.39, 0.29) is 93.5 Å². The Kier molecular flexibility index (Phi) is 34.3. The van der Waals surface area contributed by atoms with Crippen LogP contribution in [0.25, 0.3) is 76.9 Å². The first kappa shape index (κ1) is 113. The number of aryl methyl sites for hydroxylation is 2. The molecule has 5 aliphatic rings. The highest BCUT2D eigenvalue weighted by Gasteiger charge is 2.53. The van der Waals surface area contributed by atoms with Gasteiger partial charge in [-0.15, -0.1) is 0 Å². The van der Waals surface area contributed by atoms with Gasteiger partial charge in [0.1, 0.15) is 5.41 Å². The predicted molar refractivity (Wildman–Crippen MR) is 579 cm³/mol. The summed E-state index contributed by atoms with van der Waals surface area (Å²) in [6.07, 6.45) is 13.1. The fourth-order valence-corrected chi connectivity index (χ4v) is 17.7. The van der Waals surface area contributed by atoms with Crippen LogP contribution in [0.3, 0.4) is 0 Å². The molecular weight excluding hydrogens is 1900 g/mol. The number of nitrogens with one attached hydrogen (secondary N) is 6. The minimum absolute atomic E-state index is 0.00392. The Morgan fingerprint density at radius 2 is 0.799 bits per heavy atom. The Hall–Kier alpha value is -13.2. The van der Waals surface area contributed by atoms with Gasteiger partial charge in [0.05, 0.1) is 108 Å². The predicted octanol–water partition coefficient (Wildman–Crippen LogP) is 25.6. The zero-order valence-electron chi connectivity index (χ0n) is 91.1. The number of hydrogen-bond acceptors (Lipinski definition) is 19. The van der Waals surface area contributed by atoms with E-state index in [1.54, 1.807) is 69.5 Å². The number of imidazole rings is 6. The normalized spacial score (nSPS) is 15.4. The molecule has 18 rings (SSSR count). The largest absolute Gasteiger partial charge is 0.462 e. The maximum absolute atomic E-state index is 13.1. The number of alkyl halides is 3. The number of amides is 6. The van der Waals surface area contributed by atoms with Crippen molar-refractivity contribution in [2.45, 2.75) is 343 Å². The molecule has 5 fully saturated rings. The highest BCUT2D eigenvalue weighted by Crippen LogP contribution is 2.47. The lowest BCUT2D eigenvalue weighted by molar-refractivity contribution is -0.208. The van der Waals surface area contributed by atoms with E-state index in [0.29, 0.717) is 119 Å². The minimum Gasteiger partial charge on any atom is -0.462 e. The number of anilines is 6. The van der Waals surface area contributed by atoms with E-state index in [9.17, 15) is 62.1 Å². The molecule has 0 radical (unpaired) electrons. The van der Waals surface area contributed by atoms with Gasteiger partial charge in [-0.1, -0.05) is 146 Å². The lowest BCUT2D eigenvalue weighted by atomic mass is 9.81. The maximum Gasteiger partial charge on any atom is 0.402 e. The van der Waals surface area contributed by atoms with Crippen LogP contribution < -0.4 is 31.9 Å². The summed E-state index contributed by atoms with van der Waals surface area (Å²) in [4.78, 5) is 118. The Bertz CT molecular complexity index is 7100. The van der Waals surface area contributed by atoms with E-state index >= 15 is 0 Å². The van der Waals surface area contributed by atoms with Crippen molar-refractivity contribution < 1.29 is 71.3 Å². The van der Waals surface area contributed by atoms with Crippen LogP contribution in [0.2, 0.25) is 0 Å². The number of fused-ring (bicyclic) bond motifs is 6. The van der Waals surface area contributed by atoms with Crippen molar-refractivity contribution in [3.8, 4) is 5.88 Å². The van der Waals surface area contributed by atoms with E-state index in [1.807, 2.05) is 159 Å². The zero-order valence-corrected chi connectivity index (χ0v) is 91.1. The fraction of sp³-hybridized carbons (Fsp3) is 0.535. The number of hydrogen-bond donors (Lipinski definition) is 9. The maximum atomic E-state index is 13.1. The number of carbonyl (C=O) groups excluding carboxylic acids is 7. The molecule has 5 aliphatic carbocycles. The SMILES string of the molecule is CC(C)(C)CC(=O)Nc1nc2ccc(C(C)(C)O)cc2n1C1CCC1.CC(C)(C)CC(=O)Nc1nc2ccc(CO)cc2n1C1CCC1.CC(C)[C@H](C)C(=O)Nc1nc2ccc(C(C)(C)O)cc2n1C1CCC1.CCOC(=O)c1ccc2nc(NC(=O)CC(C)(C)C)n(C3CCC3)c2c1.Cc1ccc2nc(NC(=O)C(C)(C)C(F)(F)F)n(C3CCC3)c2c1.[C-]#[N+]c1ccc2nc(NC(=O)[C@@H](C)C(C)(C)C)n(-c3cc(C)no3)c2c1. The van der Waals surface area contributed by atoms with Gasteiger partial charge in [-0.2, -0.15) is 13.2 Å². The Morgan fingerprint density at radius 3 is 1.15 bits per heavy atom. The molecule has 2 atom stereocenters. The van der Waals surface area contributed by atoms with Gasteiger partial charge < -0.3 is 47.4 Å². The summed E-state index contributed by atoms with van der Waals surface area (Å²) in [5.41, 5.74) is 10.7. The monoisotopic (exact) mass is 2050 g/mol. The molecule has 6 aromatic carbocycles. The molecular formula is C114H151F3N20O12. The molecule has 0 saturated heterocycles. The molecule has 0 spiro atoms. The first-order chi connectivity index (χ1) is 69.7. The van der Waals surface area contributed by atoms with Crippen LogP contribution in [0.5, 0.6) is 0 Å². The van der Waals surface area contributed by atoms with Crippen molar-refractivity contribution in [2.75, 3.05) is 38.5 Å². The number of carbonyl (C=O) groups is 7. The van der Waals surface area contributed by atoms with Crippen LogP contribution in [0, 0.1) is 65.2 Å². The van der Waals surface area contributed by atoms with Crippen LogP contribution in [-0.4, -0.2) is 132 Å². The van der Waals surface area contributed by atoms with Gasteiger partial charge in [0.15, 0.2) is 5.69 Å². The standard InChI is InChI=1S/C20H27N3O3.2C20H29N3O2.C19H21N5O2.C18H25N3O2.C17H20F3N3O/c1-5-26-18(25)13-9-10-15-16(11-13)23(14-7-6-8-14)19(21-15)22-17(24)12-20(2,3)4;1-19(2,3)12-17(24)22-18-21-15-10-9-13(20(4,5)25)11-16(15)23(18)14-7-6-8-14;1-12(2)13(3)18(24)22-19-21-16-10-9-14(20(4,5)25)11-17(16)23(19)15-7-6-8-15;1-11-9-16(26-23-11)24-15-10-13(20-6)7-8-14(15)21-18(24)22-17(25)12(2)19(3,4)5;1-18(2,3)10-16(23)20-17-19-14-8-7-12(11-22)9-15(14)21(17)13-5-4-6-13;1-10-7-8-12-13(9-10)23(11-5-4-6-11)15(21-12)22-14(24)16(2,3)17(18,19)20/h9-11,14H,5-8,12H2,1-4H3,(H,21,22,24);9-11,14,25H,6-8,12H2,1-5H3,(H,21,22,24);9-13,15,25H,6-8H2,1-5H3,(H,21,22,24);7-10,12H,1-5H3,(H,21,22,25);7-9,13,22H,4-6,10-11H2,1-3H3,(H,19,20,23);7-9,11H,4-6H2,1-3H3,(H,21,22,24)/t;;13-;12-;;/m..01../s1. The van der Waals surface area contributed by atoms with E-state index in [4.69, 9.17) is 15.8 Å². The number of nitrogens with zero attached hydrogens (tertiary/aromatic N) is 14. The summed E-state index contributed by atoms with van der Waals surface area (Å²) in [6, 6.07) is 37.0. The molecule has 32 nitrogen and oxygen atoms in total. The molecule has 13 aromatic rings. The van der Waals surface area contributed by atoms with Crippen molar-refractivity contribution in [1.29, 1.82) is 0 Å². The first-order valence-electron chi connectivity index (χ1n) is 52.2. The van der Waals surface area contributed by atoms with Crippen molar-refractivity contribution in [3.05, 3.63) is 160 Å².